The minimum Gasteiger partial charge on any atom is -0.497 e. The van der Waals surface area contributed by atoms with Crippen molar-refractivity contribution in [1.29, 1.82) is 0 Å². The molecular formula is C10H8Cl2N2O2. The summed E-state index contributed by atoms with van der Waals surface area (Å²) in [5.41, 5.74) is 0.392. The predicted molar refractivity (Wildman–Crippen MR) is 63.6 cm³/mol. The predicted octanol–water partition coefficient (Wildman–Crippen LogP) is 2.72. The van der Waals surface area contributed by atoms with Gasteiger partial charge < -0.3 is 4.74 Å². The first-order chi connectivity index (χ1) is 7.63. The van der Waals surface area contributed by atoms with Crippen molar-refractivity contribution in [3.8, 4) is 5.75 Å². The van der Waals surface area contributed by atoms with Crippen LogP contribution in [0, 0.1) is 0 Å². The molecule has 0 unspecified atom stereocenters. The molecule has 0 bridgehead atoms. The van der Waals surface area contributed by atoms with Crippen molar-refractivity contribution in [2.45, 2.75) is 6.42 Å². The number of benzene rings is 1. The molecule has 0 N–H and O–H groups in total. The van der Waals surface area contributed by atoms with Gasteiger partial charge in [-0.05, 0) is 0 Å². The van der Waals surface area contributed by atoms with Gasteiger partial charge in [0.2, 0.25) is 0 Å². The largest absolute Gasteiger partial charge is 0.497 e. The molecule has 0 saturated carbocycles. The van der Waals surface area contributed by atoms with Crippen LogP contribution in [0.3, 0.4) is 0 Å². The lowest BCUT2D eigenvalue weighted by Crippen LogP contribution is -2.20. The highest BCUT2D eigenvalue weighted by molar-refractivity contribution is 6.40. The Hall–Kier alpha value is -1.26. The number of carbonyl (C=O) groups is 1. The molecular weight excluding hydrogens is 251 g/mol. The number of nitrogens with zero attached hydrogens (tertiary/aromatic N) is 2. The van der Waals surface area contributed by atoms with Gasteiger partial charge in [0.25, 0.3) is 5.91 Å². The van der Waals surface area contributed by atoms with Gasteiger partial charge in [0, 0.05) is 18.3 Å². The van der Waals surface area contributed by atoms with Gasteiger partial charge in [-0.2, -0.15) is 10.1 Å². The Labute approximate surface area is 102 Å². The van der Waals surface area contributed by atoms with Gasteiger partial charge in [0.1, 0.15) is 11.4 Å². The van der Waals surface area contributed by atoms with Crippen LogP contribution in [0.25, 0.3) is 0 Å². The first kappa shape index (κ1) is 11.2. The highest BCUT2D eigenvalue weighted by atomic mass is 35.5. The van der Waals surface area contributed by atoms with Crippen molar-refractivity contribution in [3.05, 3.63) is 22.2 Å². The molecule has 1 aromatic rings. The molecule has 1 heterocycles. The molecule has 84 valence electrons. The molecule has 4 nitrogen and oxygen atoms in total. The Bertz CT molecular complexity index is 451. The zero-order valence-corrected chi connectivity index (χ0v) is 9.92. The van der Waals surface area contributed by atoms with E-state index in [1.165, 1.54) is 18.3 Å². The SMILES string of the molecule is COc1cc(Cl)c(N2N=CCC2=O)c(Cl)c1. The number of hydrogen-bond donors (Lipinski definition) is 0. The molecule has 0 saturated heterocycles. The van der Waals surface area contributed by atoms with Crippen LogP contribution in [0.1, 0.15) is 6.42 Å². The molecule has 1 aromatic carbocycles. The molecule has 0 aromatic heterocycles. The third-order valence-corrected chi connectivity index (χ3v) is 2.71. The molecule has 0 spiro atoms. The number of methoxy groups -OCH3 is 1. The van der Waals surface area contributed by atoms with E-state index < -0.39 is 0 Å². The van der Waals surface area contributed by atoms with Crippen molar-refractivity contribution < 1.29 is 9.53 Å². The second-order valence-corrected chi connectivity index (χ2v) is 3.96. The summed E-state index contributed by atoms with van der Waals surface area (Å²) in [4.78, 5) is 11.5. The summed E-state index contributed by atoms with van der Waals surface area (Å²) in [5.74, 6) is 0.378. The van der Waals surface area contributed by atoms with Crippen molar-refractivity contribution in [2.75, 3.05) is 12.1 Å². The molecule has 16 heavy (non-hydrogen) atoms. The van der Waals surface area contributed by atoms with E-state index in [1.807, 2.05) is 0 Å². The van der Waals surface area contributed by atoms with E-state index in [0.717, 1.165) is 0 Å². The lowest BCUT2D eigenvalue weighted by Gasteiger charge is -2.16. The first-order valence-electron chi connectivity index (χ1n) is 4.52. The number of hydrazone groups is 1. The fourth-order valence-electron chi connectivity index (χ4n) is 1.40. The van der Waals surface area contributed by atoms with Gasteiger partial charge in [0.15, 0.2) is 0 Å². The fraction of sp³-hybridized carbons (Fsp3) is 0.200. The summed E-state index contributed by atoms with van der Waals surface area (Å²) >= 11 is 12.1. The van der Waals surface area contributed by atoms with E-state index in [9.17, 15) is 4.79 Å². The Morgan fingerprint density at radius 2 is 2.00 bits per heavy atom. The smallest absolute Gasteiger partial charge is 0.252 e. The summed E-state index contributed by atoms with van der Waals surface area (Å²) in [6.45, 7) is 0. The molecule has 0 radical (unpaired) electrons. The maximum absolute atomic E-state index is 11.5. The average Bonchev–Trinajstić information content (AvgIpc) is 2.64. The molecule has 1 aliphatic heterocycles. The zero-order valence-electron chi connectivity index (χ0n) is 8.41. The maximum atomic E-state index is 11.5. The molecule has 6 heteroatoms. The second kappa shape index (κ2) is 4.31. The van der Waals surface area contributed by atoms with E-state index in [1.54, 1.807) is 12.1 Å². The highest BCUT2D eigenvalue weighted by Gasteiger charge is 2.24. The topological polar surface area (TPSA) is 41.9 Å². The number of carbonyl (C=O) groups excluding carboxylic acids is 1. The zero-order chi connectivity index (χ0) is 11.7. The van der Waals surface area contributed by atoms with Crippen LogP contribution in [0.4, 0.5) is 5.69 Å². The normalized spacial score (nSPS) is 14.7. The van der Waals surface area contributed by atoms with Crippen LogP contribution in [0.5, 0.6) is 5.75 Å². The quantitative estimate of drug-likeness (QED) is 0.819. The van der Waals surface area contributed by atoms with Gasteiger partial charge in [-0.15, -0.1) is 0 Å². The van der Waals surface area contributed by atoms with Crippen LogP contribution < -0.4 is 9.75 Å². The second-order valence-electron chi connectivity index (χ2n) is 3.15. The molecule has 1 aliphatic rings. The maximum Gasteiger partial charge on any atom is 0.252 e. The van der Waals surface area contributed by atoms with Crippen LogP contribution in [-0.4, -0.2) is 19.2 Å². The van der Waals surface area contributed by atoms with E-state index in [4.69, 9.17) is 27.9 Å². The number of rotatable bonds is 2. The molecule has 0 atom stereocenters. The summed E-state index contributed by atoms with van der Waals surface area (Å²) < 4.78 is 5.01. The van der Waals surface area contributed by atoms with E-state index in [2.05, 4.69) is 5.10 Å². The first-order valence-corrected chi connectivity index (χ1v) is 5.27. The van der Waals surface area contributed by atoms with Crippen LogP contribution in [0.2, 0.25) is 10.0 Å². The summed E-state index contributed by atoms with van der Waals surface area (Å²) in [6, 6.07) is 3.17. The minimum atomic E-state index is -0.158. The van der Waals surface area contributed by atoms with E-state index in [0.29, 0.717) is 21.5 Å². The third kappa shape index (κ3) is 1.86. The lowest BCUT2D eigenvalue weighted by molar-refractivity contribution is -0.116. The van der Waals surface area contributed by atoms with Gasteiger partial charge in [-0.3, -0.25) is 4.79 Å². The van der Waals surface area contributed by atoms with Crippen LogP contribution in [0.15, 0.2) is 17.2 Å². The van der Waals surface area contributed by atoms with Crippen LogP contribution in [-0.2, 0) is 4.79 Å². The standard InChI is InChI=1S/C10H8Cl2N2O2/c1-16-6-4-7(11)10(8(12)5-6)14-9(15)2-3-13-14/h3-5H,2H2,1H3. The van der Waals surface area contributed by atoms with Gasteiger partial charge in [0.05, 0.1) is 23.6 Å². The third-order valence-electron chi connectivity index (χ3n) is 2.14. The number of ether oxygens (including phenoxy) is 1. The van der Waals surface area contributed by atoms with Gasteiger partial charge in [-0.1, -0.05) is 23.2 Å². The minimum absolute atomic E-state index is 0.158. The van der Waals surface area contributed by atoms with Crippen molar-refractivity contribution in [3.63, 3.8) is 0 Å². The van der Waals surface area contributed by atoms with Gasteiger partial charge in [-0.25, -0.2) is 0 Å². The van der Waals surface area contributed by atoms with Crippen molar-refractivity contribution in [1.82, 2.24) is 0 Å². The molecule has 0 aliphatic carbocycles. The van der Waals surface area contributed by atoms with Crippen LogP contribution >= 0.6 is 23.2 Å². The molecule has 2 rings (SSSR count). The molecule has 0 fully saturated rings. The number of anilines is 1. The summed E-state index contributed by atoms with van der Waals surface area (Å²) in [7, 11) is 1.51. The lowest BCUT2D eigenvalue weighted by atomic mass is 10.3. The molecule has 1 amide bonds. The Morgan fingerprint density at radius 1 is 1.38 bits per heavy atom. The summed E-state index contributed by atoms with van der Waals surface area (Å²) in [5, 5.41) is 5.77. The Kier molecular flexibility index (Phi) is 3.03. The highest BCUT2D eigenvalue weighted by Crippen LogP contribution is 2.38. The number of hydrogen-bond acceptors (Lipinski definition) is 3. The fourth-order valence-corrected chi connectivity index (χ4v) is 2.02. The van der Waals surface area contributed by atoms with Gasteiger partial charge >= 0.3 is 0 Å². The van der Waals surface area contributed by atoms with Crippen molar-refractivity contribution >= 4 is 41.0 Å². The number of amides is 1. The summed E-state index contributed by atoms with van der Waals surface area (Å²) in [6.07, 6.45) is 1.78. The Morgan fingerprint density at radius 3 is 2.44 bits per heavy atom. The monoisotopic (exact) mass is 258 g/mol. The van der Waals surface area contributed by atoms with Crippen molar-refractivity contribution in [2.24, 2.45) is 5.10 Å². The van der Waals surface area contributed by atoms with E-state index in [-0.39, 0.29) is 12.3 Å². The number of halogens is 2. The average molecular weight is 259 g/mol. The van der Waals surface area contributed by atoms with E-state index >= 15 is 0 Å². The Balaban J connectivity index is 2.48.